The van der Waals surface area contributed by atoms with Crippen LogP contribution in [0.2, 0.25) is 0 Å². The molecule has 0 N–H and O–H groups in total. The first-order chi connectivity index (χ1) is 15.9. The lowest BCUT2D eigenvalue weighted by Crippen LogP contribution is -2.53. The minimum Gasteiger partial charge on any atom is -0.360 e. The predicted molar refractivity (Wildman–Crippen MR) is 131 cm³/mol. The quantitative estimate of drug-likeness (QED) is 0.434. The number of hydrogen-bond acceptors (Lipinski definition) is 4. The van der Waals surface area contributed by atoms with E-state index in [1.807, 2.05) is 0 Å². The molecule has 5 aliphatic heterocycles. The fourth-order valence-corrected chi connectivity index (χ4v) is 7.53. The molecular formula is C28H50N2O2. The van der Waals surface area contributed by atoms with Gasteiger partial charge in [0.2, 0.25) is 0 Å². The van der Waals surface area contributed by atoms with Gasteiger partial charge in [-0.15, -0.1) is 0 Å². The highest BCUT2D eigenvalue weighted by Gasteiger charge is 2.38. The van der Waals surface area contributed by atoms with Gasteiger partial charge in [0.05, 0.1) is 12.2 Å². The van der Waals surface area contributed by atoms with Gasteiger partial charge in [-0.3, -0.25) is 9.80 Å². The van der Waals surface area contributed by atoms with Crippen molar-refractivity contribution in [3.63, 3.8) is 0 Å². The molecule has 5 fully saturated rings. The van der Waals surface area contributed by atoms with Crippen molar-refractivity contribution in [2.75, 3.05) is 26.2 Å². The maximum Gasteiger partial charge on any atom is 0.113 e. The Morgan fingerprint density at radius 2 is 0.781 bits per heavy atom. The molecule has 32 heavy (non-hydrogen) atoms. The first-order valence-electron chi connectivity index (χ1n) is 14.7. The normalized spacial score (nSPS) is 41.6. The van der Waals surface area contributed by atoms with E-state index >= 15 is 0 Å². The highest BCUT2D eigenvalue weighted by Crippen LogP contribution is 2.36. The number of fused-ring (bicyclic) bond motifs is 2. The fourth-order valence-electron chi connectivity index (χ4n) is 7.53. The number of hydrogen-bond donors (Lipinski definition) is 0. The third kappa shape index (κ3) is 6.09. The monoisotopic (exact) mass is 446 g/mol. The zero-order valence-corrected chi connectivity index (χ0v) is 20.7. The Morgan fingerprint density at radius 3 is 1.25 bits per heavy atom. The largest absolute Gasteiger partial charge is 0.360 e. The van der Waals surface area contributed by atoms with E-state index < -0.39 is 0 Å². The lowest BCUT2D eigenvalue weighted by atomic mass is 9.87. The van der Waals surface area contributed by atoms with Crippen LogP contribution in [-0.2, 0) is 9.47 Å². The van der Waals surface area contributed by atoms with Crippen LogP contribution < -0.4 is 0 Å². The van der Waals surface area contributed by atoms with Crippen molar-refractivity contribution in [3.05, 3.63) is 0 Å². The van der Waals surface area contributed by atoms with Crippen LogP contribution in [0.4, 0.5) is 0 Å². The molecule has 0 amide bonds. The van der Waals surface area contributed by atoms with Crippen LogP contribution in [0.3, 0.4) is 0 Å². The molecule has 0 aliphatic carbocycles. The Kier molecular flexibility index (Phi) is 8.84. The molecule has 4 bridgehead atoms. The molecule has 184 valence electrons. The molecule has 4 heteroatoms. The number of piperidine rings is 2. The molecule has 6 atom stereocenters. The van der Waals surface area contributed by atoms with Gasteiger partial charge in [-0.05, 0) is 76.0 Å². The molecule has 4 nitrogen and oxygen atoms in total. The molecule has 0 aromatic heterocycles. The van der Waals surface area contributed by atoms with Crippen LogP contribution in [0.1, 0.15) is 116 Å². The van der Waals surface area contributed by atoms with Crippen LogP contribution in [-0.4, -0.2) is 60.6 Å². The number of rotatable bonds is 0. The van der Waals surface area contributed by atoms with E-state index in [2.05, 4.69) is 9.80 Å². The van der Waals surface area contributed by atoms with Gasteiger partial charge in [0.1, 0.15) is 12.5 Å². The van der Waals surface area contributed by atoms with E-state index in [-0.39, 0.29) is 0 Å². The first-order valence-corrected chi connectivity index (χ1v) is 14.7. The van der Waals surface area contributed by atoms with Crippen molar-refractivity contribution >= 4 is 0 Å². The van der Waals surface area contributed by atoms with Crippen molar-refractivity contribution < 1.29 is 9.47 Å². The van der Waals surface area contributed by atoms with E-state index in [0.717, 1.165) is 11.8 Å². The van der Waals surface area contributed by atoms with E-state index in [1.165, 1.54) is 142 Å². The Bertz CT molecular complexity index is 510. The SMILES string of the molecule is C1CCC[C@@H]2CCCN3CC[C@@H](CCCCCC[C@@H]4CCCN5CC[C@@H](CC1)O[C@@H]45)O[C@@H]23. The van der Waals surface area contributed by atoms with E-state index in [4.69, 9.17) is 9.47 Å². The Labute approximate surface area is 197 Å². The molecule has 5 saturated heterocycles. The number of ether oxygens (including phenoxy) is 2. The maximum atomic E-state index is 6.74. The van der Waals surface area contributed by atoms with Crippen LogP contribution in [0, 0.1) is 11.8 Å². The summed E-state index contributed by atoms with van der Waals surface area (Å²) in [6.07, 6.45) is 26.5. The minimum absolute atomic E-state index is 0.440. The van der Waals surface area contributed by atoms with Gasteiger partial charge in [-0.2, -0.15) is 0 Å². The molecule has 5 heterocycles. The summed E-state index contributed by atoms with van der Waals surface area (Å²) in [6.45, 7) is 5.11. The van der Waals surface area contributed by atoms with Gasteiger partial charge >= 0.3 is 0 Å². The van der Waals surface area contributed by atoms with E-state index in [1.54, 1.807) is 0 Å². The second kappa shape index (κ2) is 12.0. The molecule has 0 aromatic rings. The third-order valence-electron chi connectivity index (χ3n) is 9.41. The second-order valence-corrected chi connectivity index (χ2v) is 11.7. The zero-order chi connectivity index (χ0) is 21.6. The fraction of sp³-hybridized carbons (Fsp3) is 1.00. The summed E-state index contributed by atoms with van der Waals surface area (Å²) in [4.78, 5) is 5.36. The maximum absolute atomic E-state index is 6.74. The van der Waals surface area contributed by atoms with Crippen molar-refractivity contribution in [1.29, 1.82) is 0 Å². The van der Waals surface area contributed by atoms with Gasteiger partial charge < -0.3 is 9.47 Å². The van der Waals surface area contributed by atoms with Gasteiger partial charge in [0, 0.05) is 26.2 Å². The summed E-state index contributed by atoms with van der Waals surface area (Å²) in [7, 11) is 0. The summed E-state index contributed by atoms with van der Waals surface area (Å²) in [5.74, 6) is 1.57. The minimum atomic E-state index is 0.440. The van der Waals surface area contributed by atoms with Crippen LogP contribution >= 0.6 is 0 Å². The smallest absolute Gasteiger partial charge is 0.113 e. The first kappa shape index (κ1) is 23.6. The van der Waals surface area contributed by atoms with Crippen LogP contribution in [0.25, 0.3) is 0 Å². The Balaban J connectivity index is 1.16. The van der Waals surface area contributed by atoms with Gasteiger partial charge in [-0.1, -0.05) is 51.4 Å². The highest BCUT2D eigenvalue weighted by molar-refractivity contribution is 4.85. The third-order valence-corrected chi connectivity index (χ3v) is 9.41. The topological polar surface area (TPSA) is 24.9 Å². The predicted octanol–water partition coefficient (Wildman–Crippen LogP) is 6.34. The molecule has 0 saturated carbocycles. The lowest BCUT2D eigenvalue weighted by molar-refractivity contribution is -0.183. The van der Waals surface area contributed by atoms with Crippen molar-refractivity contribution in [2.45, 2.75) is 140 Å². The Hall–Kier alpha value is -0.160. The van der Waals surface area contributed by atoms with Gasteiger partial charge in [-0.25, -0.2) is 0 Å². The van der Waals surface area contributed by atoms with Crippen molar-refractivity contribution in [1.82, 2.24) is 9.80 Å². The van der Waals surface area contributed by atoms with Crippen LogP contribution in [0.15, 0.2) is 0 Å². The zero-order valence-electron chi connectivity index (χ0n) is 20.7. The molecule has 5 aliphatic rings. The molecular weight excluding hydrogens is 396 g/mol. The molecule has 5 rings (SSSR count). The van der Waals surface area contributed by atoms with Gasteiger partial charge in [0.25, 0.3) is 0 Å². The van der Waals surface area contributed by atoms with Gasteiger partial charge in [0.15, 0.2) is 0 Å². The summed E-state index contributed by atoms with van der Waals surface area (Å²) >= 11 is 0. The standard InChI is InChI=1S/C28H50N2O2/c1-3-7-15-25-17-21-30-20-10-14-24(28(30)31-25)12-6-2-4-8-16-26-18-22-29-19-9-13-23(11-5-1)27(29)32-26/h23-28H,1-22H2/t23-,24-,25-,26-,27+,28+/m1/s1. The molecule has 0 spiro atoms. The molecule has 0 unspecified atom stereocenters. The summed E-state index contributed by atoms with van der Waals surface area (Å²) in [5.41, 5.74) is 0. The molecule has 0 radical (unpaired) electrons. The average Bonchev–Trinajstić information content (AvgIpc) is 2.83. The summed E-state index contributed by atoms with van der Waals surface area (Å²) < 4.78 is 13.5. The average molecular weight is 447 g/mol. The molecule has 0 aromatic carbocycles. The summed E-state index contributed by atoms with van der Waals surface area (Å²) in [6, 6.07) is 0. The van der Waals surface area contributed by atoms with Crippen molar-refractivity contribution in [3.8, 4) is 0 Å². The lowest BCUT2D eigenvalue weighted by Gasteiger charge is -2.47. The summed E-state index contributed by atoms with van der Waals surface area (Å²) in [5, 5.41) is 0. The number of nitrogens with zero attached hydrogens (tertiary/aromatic N) is 2. The van der Waals surface area contributed by atoms with Crippen LogP contribution in [0.5, 0.6) is 0 Å². The highest BCUT2D eigenvalue weighted by atomic mass is 16.5. The Morgan fingerprint density at radius 1 is 0.375 bits per heavy atom. The second-order valence-electron chi connectivity index (χ2n) is 11.7. The van der Waals surface area contributed by atoms with E-state index in [0.29, 0.717) is 24.7 Å². The van der Waals surface area contributed by atoms with Crippen molar-refractivity contribution in [2.24, 2.45) is 11.8 Å². The van der Waals surface area contributed by atoms with E-state index in [9.17, 15) is 0 Å².